The third-order valence-corrected chi connectivity index (χ3v) is 3.70. The van der Waals surface area contributed by atoms with Crippen molar-refractivity contribution in [2.24, 2.45) is 0 Å². The molecule has 21 heavy (non-hydrogen) atoms. The van der Waals surface area contributed by atoms with Gasteiger partial charge in [-0.15, -0.1) is 0 Å². The van der Waals surface area contributed by atoms with Crippen LogP contribution in [0.2, 0.25) is 0 Å². The molecular formula is C16H14BrFO3. The summed E-state index contributed by atoms with van der Waals surface area (Å²) in [6.07, 6.45) is 0. The van der Waals surface area contributed by atoms with Gasteiger partial charge in [0.2, 0.25) is 5.78 Å². The van der Waals surface area contributed by atoms with Crippen LogP contribution >= 0.6 is 15.9 Å². The number of ether oxygens (including phenoxy) is 2. The van der Waals surface area contributed by atoms with E-state index >= 15 is 0 Å². The van der Waals surface area contributed by atoms with Gasteiger partial charge in [0, 0.05) is 10.5 Å². The molecular weight excluding hydrogens is 339 g/mol. The Morgan fingerprint density at radius 3 is 2.48 bits per heavy atom. The number of carbonyl (C=O) groups excluding carboxylic acids is 1. The standard InChI is InChI=1S/C16H14BrFO3/c1-9-4-5-13(18)11(6-9)16(19)15-12(17)7-10(20-2)8-14(15)21-3/h4-8H,1-3H3. The fourth-order valence-corrected chi connectivity index (χ4v) is 2.61. The van der Waals surface area contributed by atoms with Crippen molar-refractivity contribution < 1.29 is 18.7 Å². The molecule has 110 valence electrons. The van der Waals surface area contributed by atoms with Crippen LogP contribution in [-0.2, 0) is 0 Å². The van der Waals surface area contributed by atoms with Crippen molar-refractivity contribution in [3.05, 3.63) is 57.3 Å². The van der Waals surface area contributed by atoms with E-state index in [-0.39, 0.29) is 11.1 Å². The highest BCUT2D eigenvalue weighted by molar-refractivity contribution is 9.10. The van der Waals surface area contributed by atoms with Crippen LogP contribution in [0.25, 0.3) is 0 Å². The Morgan fingerprint density at radius 2 is 1.86 bits per heavy atom. The lowest BCUT2D eigenvalue weighted by molar-refractivity contribution is 0.103. The number of halogens is 2. The number of hydrogen-bond acceptors (Lipinski definition) is 3. The van der Waals surface area contributed by atoms with Crippen LogP contribution in [0.3, 0.4) is 0 Å². The van der Waals surface area contributed by atoms with Crippen molar-refractivity contribution in [3.63, 3.8) is 0 Å². The lowest BCUT2D eigenvalue weighted by atomic mass is 10.00. The summed E-state index contributed by atoms with van der Waals surface area (Å²) in [5.41, 5.74) is 1.09. The van der Waals surface area contributed by atoms with Gasteiger partial charge in [-0.3, -0.25) is 4.79 Å². The van der Waals surface area contributed by atoms with E-state index in [2.05, 4.69) is 15.9 Å². The van der Waals surface area contributed by atoms with Gasteiger partial charge in [0.05, 0.1) is 25.3 Å². The fraction of sp³-hybridized carbons (Fsp3) is 0.188. The Morgan fingerprint density at radius 1 is 1.14 bits per heavy atom. The number of hydrogen-bond donors (Lipinski definition) is 0. The summed E-state index contributed by atoms with van der Waals surface area (Å²) in [5.74, 6) is -0.134. The molecule has 0 amide bonds. The average molecular weight is 353 g/mol. The minimum atomic E-state index is -0.560. The van der Waals surface area contributed by atoms with E-state index in [1.807, 2.05) is 0 Å². The molecule has 0 atom stereocenters. The smallest absolute Gasteiger partial charge is 0.200 e. The first-order valence-electron chi connectivity index (χ1n) is 6.20. The first-order valence-corrected chi connectivity index (χ1v) is 6.99. The number of aryl methyl sites for hydroxylation is 1. The molecule has 2 aromatic carbocycles. The molecule has 0 saturated heterocycles. The Bertz CT molecular complexity index is 698. The highest BCUT2D eigenvalue weighted by atomic mass is 79.9. The SMILES string of the molecule is COc1cc(Br)c(C(=O)c2cc(C)ccc2F)c(OC)c1. The molecule has 0 fully saturated rings. The Kier molecular flexibility index (Phi) is 4.63. The van der Waals surface area contributed by atoms with Crippen LogP contribution in [0, 0.1) is 12.7 Å². The lowest BCUT2D eigenvalue weighted by Gasteiger charge is -2.12. The van der Waals surface area contributed by atoms with E-state index in [1.165, 1.54) is 26.4 Å². The van der Waals surface area contributed by atoms with Crippen molar-refractivity contribution in [2.75, 3.05) is 14.2 Å². The molecule has 2 aromatic rings. The highest BCUT2D eigenvalue weighted by Crippen LogP contribution is 2.34. The largest absolute Gasteiger partial charge is 0.497 e. The topological polar surface area (TPSA) is 35.5 Å². The average Bonchev–Trinajstić information content (AvgIpc) is 2.48. The van der Waals surface area contributed by atoms with Crippen LogP contribution in [0.4, 0.5) is 4.39 Å². The molecule has 0 aliphatic heterocycles. The Hall–Kier alpha value is -1.88. The molecule has 3 nitrogen and oxygen atoms in total. The summed E-state index contributed by atoms with van der Waals surface area (Å²) < 4.78 is 24.8. The highest BCUT2D eigenvalue weighted by Gasteiger charge is 2.22. The number of carbonyl (C=O) groups is 1. The summed E-state index contributed by atoms with van der Waals surface area (Å²) in [7, 11) is 2.97. The zero-order valence-electron chi connectivity index (χ0n) is 11.9. The molecule has 0 unspecified atom stereocenters. The number of rotatable bonds is 4. The van der Waals surface area contributed by atoms with E-state index in [1.54, 1.807) is 25.1 Å². The molecule has 0 N–H and O–H groups in total. The molecule has 5 heteroatoms. The molecule has 0 aliphatic carbocycles. The molecule has 0 aromatic heterocycles. The number of methoxy groups -OCH3 is 2. The lowest BCUT2D eigenvalue weighted by Crippen LogP contribution is -2.08. The van der Waals surface area contributed by atoms with Crippen LogP contribution in [0.5, 0.6) is 11.5 Å². The maximum atomic E-state index is 13.9. The number of ketones is 1. The van der Waals surface area contributed by atoms with E-state index in [0.717, 1.165) is 5.56 Å². The minimum absolute atomic E-state index is 0.0131. The van der Waals surface area contributed by atoms with Gasteiger partial charge in [0.15, 0.2) is 0 Å². The molecule has 0 radical (unpaired) electrons. The van der Waals surface area contributed by atoms with Gasteiger partial charge in [-0.25, -0.2) is 4.39 Å². The van der Waals surface area contributed by atoms with Crippen molar-refractivity contribution in [3.8, 4) is 11.5 Å². The molecule has 0 aliphatic rings. The van der Waals surface area contributed by atoms with Crippen molar-refractivity contribution in [2.45, 2.75) is 6.92 Å². The quantitative estimate of drug-likeness (QED) is 0.775. The second-order valence-corrected chi connectivity index (χ2v) is 5.35. The van der Waals surface area contributed by atoms with E-state index in [9.17, 15) is 9.18 Å². The van der Waals surface area contributed by atoms with Crippen LogP contribution in [0.1, 0.15) is 21.5 Å². The van der Waals surface area contributed by atoms with Crippen molar-refractivity contribution >= 4 is 21.7 Å². The van der Waals surface area contributed by atoms with Crippen LogP contribution < -0.4 is 9.47 Å². The van der Waals surface area contributed by atoms with E-state index in [0.29, 0.717) is 16.0 Å². The normalized spacial score (nSPS) is 10.3. The van der Waals surface area contributed by atoms with Crippen molar-refractivity contribution in [1.29, 1.82) is 0 Å². The monoisotopic (exact) mass is 352 g/mol. The van der Waals surface area contributed by atoms with Gasteiger partial charge in [0.1, 0.15) is 17.3 Å². The Labute approximate surface area is 130 Å². The zero-order valence-corrected chi connectivity index (χ0v) is 13.5. The van der Waals surface area contributed by atoms with Gasteiger partial charge < -0.3 is 9.47 Å². The van der Waals surface area contributed by atoms with Crippen LogP contribution in [0.15, 0.2) is 34.8 Å². The summed E-state index contributed by atoms with van der Waals surface area (Å²) in [5, 5.41) is 0. The minimum Gasteiger partial charge on any atom is -0.497 e. The second kappa shape index (κ2) is 6.26. The fourth-order valence-electron chi connectivity index (χ4n) is 2.00. The molecule has 0 saturated carbocycles. The maximum absolute atomic E-state index is 13.9. The first-order chi connectivity index (χ1) is 9.97. The van der Waals surface area contributed by atoms with Gasteiger partial charge in [-0.1, -0.05) is 11.6 Å². The predicted molar refractivity (Wildman–Crippen MR) is 81.8 cm³/mol. The number of benzene rings is 2. The predicted octanol–water partition coefficient (Wildman–Crippen LogP) is 4.14. The summed E-state index contributed by atoms with van der Waals surface area (Å²) in [4.78, 5) is 12.6. The van der Waals surface area contributed by atoms with Gasteiger partial charge >= 0.3 is 0 Å². The summed E-state index contributed by atoms with van der Waals surface area (Å²) >= 11 is 3.32. The third kappa shape index (κ3) is 3.08. The van der Waals surface area contributed by atoms with Gasteiger partial charge in [0.25, 0.3) is 0 Å². The van der Waals surface area contributed by atoms with E-state index < -0.39 is 11.6 Å². The third-order valence-electron chi connectivity index (χ3n) is 3.08. The maximum Gasteiger partial charge on any atom is 0.200 e. The van der Waals surface area contributed by atoms with Gasteiger partial charge in [-0.05, 0) is 41.1 Å². The zero-order chi connectivity index (χ0) is 15.6. The van der Waals surface area contributed by atoms with E-state index in [4.69, 9.17) is 9.47 Å². The van der Waals surface area contributed by atoms with Gasteiger partial charge in [-0.2, -0.15) is 0 Å². The van der Waals surface area contributed by atoms with Crippen LogP contribution in [-0.4, -0.2) is 20.0 Å². The molecule has 0 spiro atoms. The molecule has 2 rings (SSSR count). The summed E-state index contributed by atoms with van der Waals surface area (Å²) in [6.45, 7) is 1.80. The summed E-state index contributed by atoms with van der Waals surface area (Å²) in [6, 6.07) is 7.65. The first kappa shape index (κ1) is 15.5. The van der Waals surface area contributed by atoms with Crippen molar-refractivity contribution in [1.82, 2.24) is 0 Å². The second-order valence-electron chi connectivity index (χ2n) is 4.50. The molecule has 0 heterocycles. The molecule has 0 bridgehead atoms. The Balaban J connectivity index is 2.60.